The third kappa shape index (κ3) is 1.09. The second-order valence-corrected chi connectivity index (χ2v) is 5.08. The van der Waals surface area contributed by atoms with Crippen LogP contribution in [0.15, 0.2) is 0 Å². The number of hydrogen-bond donors (Lipinski definition) is 1. The molecule has 2 rings (SSSR count). The van der Waals surface area contributed by atoms with Crippen LogP contribution in [0.2, 0.25) is 0 Å². The SMILES string of the molecule is CC1NC(C)C2(C)C(=O)N(C)C(=O)N2C1C. The van der Waals surface area contributed by atoms with E-state index in [2.05, 4.69) is 5.32 Å². The van der Waals surface area contributed by atoms with E-state index in [-0.39, 0.29) is 30.1 Å². The number of rotatable bonds is 0. The minimum Gasteiger partial charge on any atom is -0.307 e. The van der Waals surface area contributed by atoms with E-state index < -0.39 is 5.54 Å². The number of urea groups is 1. The Morgan fingerprint density at radius 3 is 2.38 bits per heavy atom. The molecular weight excluding hydrogens is 206 g/mol. The number of hydrogen-bond acceptors (Lipinski definition) is 3. The van der Waals surface area contributed by atoms with Gasteiger partial charge in [0.05, 0.1) is 0 Å². The largest absolute Gasteiger partial charge is 0.327 e. The lowest BCUT2D eigenvalue weighted by molar-refractivity contribution is -0.135. The summed E-state index contributed by atoms with van der Waals surface area (Å²) in [5, 5.41) is 3.37. The zero-order valence-corrected chi connectivity index (χ0v) is 10.4. The summed E-state index contributed by atoms with van der Waals surface area (Å²) in [5.41, 5.74) is -0.738. The molecule has 0 bridgehead atoms. The van der Waals surface area contributed by atoms with Crippen molar-refractivity contribution in [2.45, 2.75) is 51.4 Å². The molecule has 2 aliphatic rings. The molecule has 0 aliphatic carbocycles. The second-order valence-electron chi connectivity index (χ2n) is 5.08. The number of nitrogens with one attached hydrogen (secondary N) is 1. The fourth-order valence-corrected chi connectivity index (χ4v) is 2.80. The predicted octanol–water partition coefficient (Wildman–Crippen LogP) is 0.408. The van der Waals surface area contributed by atoms with Gasteiger partial charge in [-0.2, -0.15) is 0 Å². The van der Waals surface area contributed by atoms with E-state index in [1.54, 1.807) is 11.9 Å². The molecule has 0 radical (unpaired) electrons. The maximum Gasteiger partial charge on any atom is 0.327 e. The van der Waals surface area contributed by atoms with Gasteiger partial charge in [0.25, 0.3) is 5.91 Å². The van der Waals surface area contributed by atoms with Gasteiger partial charge in [0.15, 0.2) is 0 Å². The Morgan fingerprint density at radius 2 is 1.81 bits per heavy atom. The molecule has 4 atom stereocenters. The van der Waals surface area contributed by atoms with E-state index in [1.807, 2.05) is 27.7 Å². The summed E-state index contributed by atoms with van der Waals surface area (Å²) in [7, 11) is 1.55. The molecule has 5 heteroatoms. The first kappa shape index (κ1) is 11.4. The topological polar surface area (TPSA) is 52.7 Å². The van der Waals surface area contributed by atoms with Gasteiger partial charge in [-0.3, -0.25) is 9.69 Å². The molecule has 2 aliphatic heterocycles. The van der Waals surface area contributed by atoms with Crippen LogP contribution in [-0.2, 0) is 4.79 Å². The molecule has 4 unspecified atom stereocenters. The van der Waals surface area contributed by atoms with Gasteiger partial charge in [-0.05, 0) is 27.7 Å². The first-order chi connectivity index (χ1) is 7.31. The zero-order chi connectivity index (χ0) is 12.2. The van der Waals surface area contributed by atoms with E-state index in [4.69, 9.17) is 0 Å². The van der Waals surface area contributed by atoms with Gasteiger partial charge in [0.2, 0.25) is 0 Å². The Balaban J connectivity index is 2.49. The van der Waals surface area contributed by atoms with E-state index in [1.165, 1.54) is 4.90 Å². The third-order valence-corrected chi connectivity index (χ3v) is 4.22. The number of amides is 3. The van der Waals surface area contributed by atoms with Crippen LogP contribution in [0.3, 0.4) is 0 Å². The van der Waals surface area contributed by atoms with Gasteiger partial charge < -0.3 is 10.2 Å². The normalized spacial score (nSPS) is 43.9. The van der Waals surface area contributed by atoms with Crippen LogP contribution in [0.5, 0.6) is 0 Å². The quantitative estimate of drug-likeness (QED) is 0.607. The third-order valence-electron chi connectivity index (χ3n) is 4.22. The first-order valence-electron chi connectivity index (χ1n) is 5.69. The maximum absolute atomic E-state index is 12.2. The summed E-state index contributed by atoms with van der Waals surface area (Å²) in [6.45, 7) is 7.82. The highest BCUT2D eigenvalue weighted by Gasteiger charge is 2.60. The molecule has 0 spiro atoms. The molecule has 0 aromatic rings. The van der Waals surface area contributed by atoms with Crippen molar-refractivity contribution < 1.29 is 9.59 Å². The molecule has 2 heterocycles. The highest BCUT2D eigenvalue weighted by atomic mass is 16.2. The Hall–Kier alpha value is -1.10. The molecule has 5 nitrogen and oxygen atoms in total. The van der Waals surface area contributed by atoms with Gasteiger partial charge in [-0.1, -0.05) is 0 Å². The minimum absolute atomic E-state index is 0.0277. The first-order valence-corrected chi connectivity index (χ1v) is 5.69. The highest BCUT2D eigenvalue weighted by molar-refractivity contribution is 6.07. The summed E-state index contributed by atoms with van der Waals surface area (Å²) in [5.74, 6) is -0.115. The van der Waals surface area contributed by atoms with Gasteiger partial charge in [0, 0.05) is 25.2 Å². The van der Waals surface area contributed by atoms with Gasteiger partial charge in [-0.15, -0.1) is 0 Å². The number of carbonyl (C=O) groups excluding carboxylic acids is 2. The fraction of sp³-hybridized carbons (Fsp3) is 0.818. The standard InChI is InChI=1S/C11H19N3O2/c1-6-7(2)14-10(16)13(5)9(15)11(14,4)8(3)12-6/h6-8,12H,1-5H3. The van der Waals surface area contributed by atoms with E-state index in [0.717, 1.165) is 0 Å². The average molecular weight is 225 g/mol. The maximum atomic E-state index is 12.2. The van der Waals surface area contributed by atoms with Gasteiger partial charge in [-0.25, -0.2) is 4.79 Å². The summed E-state index contributed by atoms with van der Waals surface area (Å²) in [6.07, 6.45) is 0. The van der Waals surface area contributed by atoms with E-state index in [9.17, 15) is 9.59 Å². The van der Waals surface area contributed by atoms with Crippen LogP contribution < -0.4 is 5.32 Å². The number of piperazine rings is 1. The Bertz CT molecular complexity index is 357. The fourth-order valence-electron chi connectivity index (χ4n) is 2.80. The molecule has 3 amide bonds. The Morgan fingerprint density at radius 1 is 1.25 bits per heavy atom. The van der Waals surface area contributed by atoms with Crippen LogP contribution >= 0.6 is 0 Å². The van der Waals surface area contributed by atoms with Crippen molar-refractivity contribution in [3.05, 3.63) is 0 Å². The summed E-state index contributed by atoms with van der Waals surface area (Å²) in [4.78, 5) is 27.2. The Labute approximate surface area is 95.8 Å². The Kier molecular flexibility index (Phi) is 2.28. The van der Waals surface area contributed by atoms with Crippen LogP contribution in [0.1, 0.15) is 27.7 Å². The average Bonchev–Trinajstić information content (AvgIpc) is 2.39. The summed E-state index contributed by atoms with van der Waals surface area (Å²) >= 11 is 0. The van der Waals surface area contributed by atoms with Crippen molar-refractivity contribution in [3.63, 3.8) is 0 Å². The van der Waals surface area contributed by atoms with Crippen LogP contribution in [0, 0.1) is 0 Å². The van der Waals surface area contributed by atoms with Crippen LogP contribution in [-0.4, -0.2) is 52.5 Å². The summed E-state index contributed by atoms with van der Waals surface area (Å²) in [6, 6.07) is 0.0224. The van der Waals surface area contributed by atoms with Crippen molar-refractivity contribution in [1.82, 2.24) is 15.1 Å². The number of likely N-dealkylation sites (N-methyl/N-ethyl adjacent to an activating group) is 1. The molecule has 0 aromatic carbocycles. The molecule has 90 valence electrons. The van der Waals surface area contributed by atoms with Crippen molar-refractivity contribution in [1.29, 1.82) is 0 Å². The van der Waals surface area contributed by atoms with Crippen LogP contribution in [0.4, 0.5) is 4.79 Å². The summed E-state index contributed by atoms with van der Waals surface area (Å²) < 4.78 is 0. The lowest BCUT2D eigenvalue weighted by Crippen LogP contribution is -2.71. The molecule has 2 saturated heterocycles. The van der Waals surface area contributed by atoms with E-state index in [0.29, 0.717) is 0 Å². The smallest absolute Gasteiger partial charge is 0.307 e. The number of carbonyl (C=O) groups is 2. The zero-order valence-electron chi connectivity index (χ0n) is 10.4. The molecule has 0 aromatic heterocycles. The molecule has 0 saturated carbocycles. The molecule has 16 heavy (non-hydrogen) atoms. The van der Waals surface area contributed by atoms with Crippen molar-refractivity contribution in [2.75, 3.05) is 7.05 Å². The van der Waals surface area contributed by atoms with Gasteiger partial charge >= 0.3 is 6.03 Å². The molecular formula is C11H19N3O2. The number of fused-ring (bicyclic) bond motifs is 1. The van der Waals surface area contributed by atoms with Gasteiger partial charge in [0.1, 0.15) is 5.54 Å². The van der Waals surface area contributed by atoms with Crippen molar-refractivity contribution in [3.8, 4) is 0 Å². The van der Waals surface area contributed by atoms with Crippen molar-refractivity contribution >= 4 is 11.9 Å². The molecule has 2 fully saturated rings. The number of imide groups is 1. The monoisotopic (exact) mass is 225 g/mol. The predicted molar refractivity (Wildman–Crippen MR) is 59.9 cm³/mol. The van der Waals surface area contributed by atoms with Crippen molar-refractivity contribution in [2.24, 2.45) is 0 Å². The molecule has 1 N–H and O–H groups in total. The number of nitrogens with zero attached hydrogens (tertiary/aromatic N) is 2. The van der Waals surface area contributed by atoms with Crippen LogP contribution in [0.25, 0.3) is 0 Å². The minimum atomic E-state index is -0.738. The lowest BCUT2D eigenvalue weighted by atomic mass is 9.85. The second kappa shape index (κ2) is 3.20. The van der Waals surface area contributed by atoms with E-state index >= 15 is 0 Å². The highest BCUT2D eigenvalue weighted by Crippen LogP contribution is 2.36. The lowest BCUT2D eigenvalue weighted by Gasteiger charge is -2.48.